The molecule has 92 valence electrons. The molecule has 1 aromatic rings. The normalized spacial score (nSPS) is 24.9. The third-order valence-electron chi connectivity index (χ3n) is 3.84. The maximum absolute atomic E-state index is 12.8. The van der Waals surface area contributed by atoms with Crippen LogP contribution in [0.25, 0.3) is 0 Å². The summed E-state index contributed by atoms with van der Waals surface area (Å²) in [4.78, 5) is 11.9. The molecule has 2 unspecified atom stereocenters. The molecule has 17 heavy (non-hydrogen) atoms. The van der Waals surface area contributed by atoms with Gasteiger partial charge in [0.25, 0.3) is 0 Å². The van der Waals surface area contributed by atoms with E-state index in [4.69, 9.17) is 0 Å². The molecule has 2 atom stereocenters. The maximum atomic E-state index is 12.8. The third kappa shape index (κ3) is 3.15. The first-order valence-corrected chi connectivity index (χ1v) is 6.46. The van der Waals surface area contributed by atoms with Crippen LogP contribution < -0.4 is 0 Å². The van der Waals surface area contributed by atoms with Gasteiger partial charge in [-0.2, -0.15) is 0 Å². The third-order valence-corrected chi connectivity index (χ3v) is 3.84. The molecule has 1 fully saturated rings. The number of carbonyl (C=O) groups excluding carboxylic acids is 1. The van der Waals surface area contributed by atoms with Crippen LogP contribution in [0.3, 0.4) is 0 Å². The van der Waals surface area contributed by atoms with Crippen LogP contribution in [0.1, 0.15) is 38.2 Å². The maximum Gasteiger partial charge on any atom is 0.136 e. The lowest BCUT2D eigenvalue weighted by Crippen LogP contribution is -2.26. The van der Waals surface area contributed by atoms with E-state index >= 15 is 0 Å². The summed E-state index contributed by atoms with van der Waals surface area (Å²) in [7, 11) is 0. The monoisotopic (exact) mass is 234 g/mol. The van der Waals surface area contributed by atoms with Crippen LogP contribution in [0.4, 0.5) is 4.39 Å². The second-order valence-corrected chi connectivity index (χ2v) is 5.04. The van der Waals surface area contributed by atoms with Gasteiger partial charge in [-0.15, -0.1) is 0 Å². The van der Waals surface area contributed by atoms with Crippen molar-refractivity contribution in [2.75, 3.05) is 0 Å². The second-order valence-electron chi connectivity index (χ2n) is 5.04. The highest BCUT2D eigenvalue weighted by atomic mass is 19.1. The van der Waals surface area contributed by atoms with Crippen LogP contribution in [0, 0.1) is 17.7 Å². The first kappa shape index (κ1) is 12.3. The Morgan fingerprint density at radius 3 is 2.65 bits per heavy atom. The zero-order valence-corrected chi connectivity index (χ0v) is 10.3. The molecule has 0 bridgehead atoms. The van der Waals surface area contributed by atoms with Crippen molar-refractivity contribution in [1.82, 2.24) is 0 Å². The van der Waals surface area contributed by atoms with Gasteiger partial charge in [0.2, 0.25) is 0 Å². The Kier molecular flexibility index (Phi) is 3.93. The first-order valence-electron chi connectivity index (χ1n) is 6.46. The van der Waals surface area contributed by atoms with Crippen LogP contribution in [-0.4, -0.2) is 5.78 Å². The zero-order chi connectivity index (χ0) is 12.3. The van der Waals surface area contributed by atoms with Gasteiger partial charge in [-0.05, 0) is 42.9 Å². The van der Waals surface area contributed by atoms with Gasteiger partial charge < -0.3 is 0 Å². The van der Waals surface area contributed by atoms with Crippen LogP contribution in [-0.2, 0) is 11.2 Å². The van der Waals surface area contributed by atoms with Gasteiger partial charge in [0, 0.05) is 12.3 Å². The summed E-state index contributed by atoms with van der Waals surface area (Å²) in [6, 6.07) is 6.52. The lowest BCUT2D eigenvalue weighted by atomic mass is 9.77. The average molecular weight is 234 g/mol. The highest BCUT2D eigenvalue weighted by Gasteiger charge is 2.27. The lowest BCUT2D eigenvalue weighted by Gasteiger charge is -2.27. The van der Waals surface area contributed by atoms with E-state index < -0.39 is 0 Å². The summed E-state index contributed by atoms with van der Waals surface area (Å²) in [5, 5.41) is 0. The van der Waals surface area contributed by atoms with Crippen molar-refractivity contribution in [2.24, 2.45) is 11.8 Å². The summed E-state index contributed by atoms with van der Waals surface area (Å²) in [5.41, 5.74) is 1.07. The summed E-state index contributed by atoms with van der Waals surface area (Å²) in [5.74, 6) is 1.02. The van der Waals surface area contributed by atoms with Gasteiger partial charge in [0.15, 0.2) is 0 Å². The lowest BCUT2D eigenvalue weighted by molar-refractivity contribution is -0.125. The molecule has 2 heteroatoms. The molecule has 0 spiro atoms. The number of rotatable bonds is 3. The minimum absolute atomic E-state index is 0.152. The molecule has 0 N–H and O–H groups in total. The van der Waals surface area contributed by atoms with Gasteiger partial charge in [-0.1, -0.05) is 25.5 Å². The molecule has 0 aliphatic heterocycles. The number of hydrogen-bond acceptors (Lipinski definition) is 1. The minimum atomic E-state index is -0.213. The molecule has 1 saturated carbocycles. The summed E-state index contributed by atoms with van der Waals surface area (Å²) in [6.45, 7) is 2.19. The number of benzene rings is 1. The van der Waals surface area contributed by atoms with Crippen LogP contribution in [0.15, 0.2) is 24.3 Å². The number of hydrogen-bond donors (Lipinski definition) is 0. The van der Waals surface area contributed by atoms with Crippen LogP contribution in [0.2, 0.25) is 0 Å². The SMILES string of the molecule is CCC1CCC(=O)C(Cc2ccc(F)cc2)C1. The Morgan fingerprint density at radius 1 is 1.29 bits per heavy atom. The fraction of sp³-hybridized carbons (Fsp3) is 0.533. The Bertz CT molecular complexity index is 382. The van der Waals surface area contributed by atoms with Crippen molar-refractivity contribution in [3.63, 3.8) is 0 Å². The summed E-state index contributed by atoms with van der Waals surface area (Å²) < 4.78 is 12.8. The van der Waals surface area contributed by atoms with Crippen molar-refractivity contribution in [2.45, 2.75) is 39.0 Å². The van der Waals surface area contributed by atoms with Gasteiger partial charge >= 0.3 is 0 Å². The molecular formula is C15H19FO. The molecule has 0 radical (unpaired) electrons. The van der Waals surface area contributed by atoms with Crippen LogP contribution in [0.5, 0.6) is 0 Å². The molecule has 2 rings (SSSR count). The number of carbonyl (C=O) groups is 1. The van der Waals surface area contributed by atoms with Crippen molar-refractivity contribution in [1.29, 1.82) is 0 Å². The summed E-state index contributed by atoms with van der Waals surface area (Å²) in [6.07, 6.45) is 4.72. The molecule has 1 aliphatic rings. The van der Waals surface area contributed by atoms with Crippen LogP contribution >= 0.6 is 0 Å². The molecule has 1 aromatic carbocycles. The van der Waals surface area contributed by atoms with E-state index in [1.165, 1.54) is 12.1 Å². The predicted octanol–water partition coefficient (Wildman–Crippen LogP) is 3.76. The molecular weight excluding hydrogens is 215 g/mol. The number of ketones is 1. The topological polar surface area (TPSA) is 17.1 Å². The first-order chi connectivity index (χ1) is 8.19. The molecule has 1 aliphatic carbocycles. The van der Waals surface area contributed by atoms with E-state index in [1.54, 1.807) is 12.1 Å². The van der Waals surface area contributed by atoms with E-state index in [0.29, 0.717) is 11.7 Å². The van der Waals surface area contributed by atoms with E-state index in [-0.39, 0.29) is 11.7 Å². The predicted molar refractivity (Wildman–Crippen MR) is 66.2 cm³/mol. The van der Waals surface area contributed by atoms with Gasteiger partial charge in [0.05, 0.1) is 0 Å². The van der Waals surface area contributed by atoms with Crippen molar-refractivity contribution in [3.05, 3.63) is 35.6 Å². The fourth-order valence-corrected chi connectivity index (χ4v) is 2.68. The molecule has 0 heterocycles. The van der Waals surface area contributed by atoms with Crippen molar-refractivity contribution >= 4 is 5.78 Å². The van der Waals surface area contributed by atoms with Crippen molar-refractivity contribution in [3.8, 4) is 0 Å². The number of halogens is 1. The smallest absolute Gasteiger partial charge is 0.136 e. The van der Waals surface area contributed by atoms with Gasteiger partial charge in [-0.25, -0.2) is 4.39 Å². The average Bonchev–Trinajstić information content (AvgIpc) is 2.35. The Labute approximate surface area is 102 Å². The molecule has 1 nitrogen and oxygen atoms in total. The highest BCUT2D eigenvalue weighted by molar-refractivity contribution is 5.82. The standard InChI is InChI=1S/C15H19FO/c1-2-11-5-8-15(17)13(9-11)10-12-3-6-14(16)7-4-12/h3-4,6-7,11,13H,2,5,8-10H2,1H3. The van der Waals surface area contributed by atoms with E-state index in [9.17, 15) is 9.18 Å². The molecule has 0 saturated heterocycles. The van der Waals surface area contributed by atoms with Crippen molar-refractivity contribution < 1.29 is 9.18 Å². The number of Topliss-reactive ketones (excluding diaryl/α,β-unsaturated/α-hetero) is 1. The Balaban J connectivity index is 2.01. The van der Waals surface area contributed by atoms with E-state index in [0.717, 1.165) is 37.7 Å². The Hall–Kier alpha value is -1.18. The molecule has 0 amide bonds. The van der Waals surface area contributed by atoms with Gasteiger partial charge in [0.1, 0.15) is 11.6 Å². The highest BCUT2D eigenvalue weighted by Crippen LogP contribution is 2.30. The summed E-state index contributed by atoms with van der Waals surface area (Å²) >= 11 is 0. The second kappa shape index (κ2) is 5.44. The largest absolute Gasteiger partial charge is 0.299 e. The zero-order valence-electron chi connectivity index (χ0n) is 10.3. The fourth-order valence-electron chi connectivity index (χ4n) is 2.68. The van der Waals surface area contributed by atoms with Gasteiger partial charge in [-0.3, -0.25) is 4.79 Å². The Morgan fingerprint density at radius 2 is 2.00 bits per heavy atom. The quantitative estimate of drug-likeness (QED) is 0.778. The molecule has 0 aromatic heterocycles. The van der Waals surface area contributed by atoms with E-state index in [2.05, 4.69) is 6.92 Å². The van der Waals surface area contributed by atoms with E-state index in [1.807, 2.05) is 0 Å². The minimum Gasteiger partial charge on any atom is -0.299 e.